The molecule has 1 heterocycles. The molecule has 1 atom stereocenters. The number of hydrogen-bond donors (Lipinski definition) is 1. The molecule has 1 aliphatic carbocycles. The molecule has 3 rings (SSSR count). The molecule has 1 N–H and O–H groups in total. The maximum atomic E-state index is 12.0. The Labute approximate surface area is 105 Å². The predicted molar refractivity (Wildman–Crippen MR) is 66.8 cm³/mol. The number of nitrogens with one attached hydrogen (secondary N) is 1. The molecule has 1 fully saturated rings. The highest BCUT2D eigenvalue weighted by molar-refractivity contribution is 6.01. The van der Waals surface area contributed by atoms with Gasteiger partial charge in [0.2, 0.25) is 0 Å². The van der Waals surface area contributed by atoms with E-state index in [4.69, 9.17) is 4.74 Å². The van der Waals surface area contributed by atoms with Gasteiger partial charge >= 0.3 is 0 Å². The van der Waals surface area contributed by atoms with Crippen molar-refractivity contribution < 1.29 is 14.3 Å². The average Bonchev–Trinajstić information content (AvgIpc) is 3.14. The number of carbonyl (C=O) groups excluding carboxylic acids is 2. The number of rotatable bonds is 3. The summed E-state index contributed by atoms with van der Waals surface area (Å²) in [6.07, 6.45) is 2.46. The summed E-state index contributed by atoms with van der Waals surface area (Å²) in [6, 6.07) is 5.24. The van der Waals surface area contributed by atoms with Crippen LogP contribution in [0.25, 0.3) is 0 Å². The van der Waals surface area contributed by atoms with Gasteiger partial charge in [0.25, 0.3) is 5.91 Å². The van der Waals surface area contributed by atoms with Crippen LogP contribution in [0.2, 0.25) is 0 Å². The quantitative estimate of drug-likeness (QED) is 0.832. The Morgan fingerprint density at radius 2 is 2.22 bits per heavy atom. The van der Waals surface area contributed by atoms with Crippen molar-refractivity contribution in [1.29, 1.82) is 0 Å². The van der Waals surface area contributed by atoms with Crippen LogP contribution in [-0.4, -0.2) is 17.8 Å². The minimum Gasteiger partial charge on any atom is -0.479 e. The van der Waals surface area contributed by atoms with Gasteiger partial charge in [-0.15, -0.1) is 0 Å². The molecule has 18 heavy (non-hydrogen) atoms. The van der Waals surface area contributed by atoms with Gasteiger partial charge in [0.15, 0.2) is 11.9 Å². The summed E-state index contributed by atoms with van der Waals surface area (Å²) >= 11 is 0. The number of hydrogen-bond acceptors (Lipinski definition) is 3. The van der Waals surface area contributed by atoms with Gasteiger partial charge in [-0.3, -0.25) is 9.59 Å². The van der Waals surface area contributed by atoms with Crippen LogP contribution in [0.1, 0.15) is 36.5 Å². The third-order valence-corrected chi connectivity index (χ3v) is 3.40. The van der Waals surface area contributed by atoms with Crippen LogP contribution >= 0.6 is 0 Å². The molecule has 1 amide bonds. The molecule has 1 saturated carbocycles. The highest BCUT2D eigenvalue weighted by Gasteiger charge is 2.27. The minimum absolute atomic E-state index is 0.146. The monoisotopic (exact) mass is 245 g/mol. The molecule has 1 aliphatic heterocycles. The Hall–Kier alpha value is -1.84. The molecule has 4 nitrogen and oxygen atoms in total. The molecular formula is C14H15NO3. The summed E-state index contributed by atoms with van der Waals surface area (Å²) in [4.78, 5) is 23.5. The van der Waals surface area contributed by atoms with Gasteiger partial charge in [-0.1, -0.05) is 0 Å². The van der Waals surface area contributed by atoms with Crippen LogP contribution in [0.4, 0.5) is 5.69 Å². The van der Waals surface area contributed by atoms with Crippen molar-refractivity contribution in [3.8, 4) is 5.75 Å². The van der Waals surface area contributed by atoms with Crippen molar-refractivity contribution in [2.24, 2.45) is 5.92 Å². The first-order valence-electron chi connectivity index (χ1n) is 6.28. The molecule has 1 unspecified atom stereocenters. The van der Waals surface area contributed by atoms with E-state index in [0.29, 0.717) is 29.3 Å². The number of fused-ring (bicyclic) bond motifs is 1. The van der Waals surface area contributed by atoms with E-state index >= 15 is 0 Å². The van der Waals surface area contributed by atoms with Crippen LogP contribution < -0.4 is 10.1 Å². The molecule has 1 aromatic rings. The van der Waals surface area contributed by atoms with Crippen LogP contribution in [0, 0.1) is 5.92 Å². The van der Waals surface area contributed by atoms with E-state index in [1.165, 1.54) is 0 Å². The molecule has 0 aromatic heterocycles. The first-order valence-corrected chi connectivity index (χ1v) is 6.28. The number of amides is 1. The van der Waals surface area contributed by atoms with Gasteiger partial charge in [0.05, 0.1) is 5.69 Å². The van der Waals surface area contributed by atoms with Crippen molar-refractivity contribution >= 4 is 17.4 Å². The lowest BCUT2D eigenvalue weighted by Gasteiger charge is -2.23. The first-order chi connectivity index (χ1) is 8.63. The number of ether oxygens (including phenoxy) is 1. The van der Waals surface area contributed by atoms with E-state index < -0.39 is 6.10 Å². The third-order valence-electron chi connectivity index (χ3n) is 3.40. The second kappa shape index (κ2) is 4.12. The van der Waals surface area contributed by atoms with Crippen LogP contribution in [0.15, 0.2) is 18.2 Å². The predicted octanol–water partition coefficient (Wildman–Crippen LogP) is 2.39. The lowest BCUT2D eigenvalue weighted by Crippen LogP contribution is -2.34. The van der Waals surface area contributed by atoms with Crippen LogP contribution in [0.3, 0.4) is 0 Å². The second-order valence-electron chi connectivity index (χ2n) is 5.03. The second-order valence-corrected chi connectivity index (χ2v) is 5.03. The van der Waals surface area contributed by atoms with E-state index in [1.807, 2.05) is 0 Å². The fourth-order valence-corrected chi connectivity index (χ4v) is 2.08. The largest absolute Gasteiger partial charge is 0.479 e. The van der Waals surface area contributed by atoms with Crippen LogP contribution in [0.5, 0.6) is 5.75 Å². The zero-order chi connectivity index (χ0) is 12.7. The maximum Gasteiger partial charge on any atom is 0.265 e. The van der Waals surface area contributed by atoms with Crippen molar-refractivity contribution in [3.05, 3.63) is 23.8 Å². The average molecular weight is 245 g/mol. The molecule has 0 saturated heterocycles. The fraction of sp³-hybridized carbons (Fsp3) is 0.429. The Morgan fingerprint density at radius 3 is 2.94 bits per heavy atom. The summed E-state index contributed by atoms with van der Waals surface area (Å²) in [5.74, 6) is 1.17. The Balaban J connectivity index is 1.83. The molecule has 2 aliphatic rings. The minimum atomic E-state index is -0.481. The molecule has 0 bridgehead atoms. The van der Waals surface area contributed by atoms with Gasteiger partial charge in [0.1, 0.15) is 5.75 Å². The maximum absolute atomic E-state index is 12.0. The molecule has 0 radical (unpaired) electrons. The van der Waals surface area contributed by atoms with Crippen LogP contribution in [-0.2, 0) is 4.79 Å². The smallest absolute Gasteiger partial charge is 0.265 e. The van der Waals surface area contributed by atoms with Gasteiger partial charge in [0, 0.05) is 12.0 Å². The number of anilines is 1. The van der Waals surface area contributed by atoms with E-state index in [1.54, 1.807) is 25.1 Å². The summed E-state index contributed by atoms with van der Waals surface area (Å²) in [5, 5.41) is 2.76. The normalized spacial score (nSPS) is 21.8. The molecule has 94 valence electrons. The highest BCUT2D eigenvalue weighted by Crippen LogP contribution is 2.35. The number of carbonyl (C=O) groups is 2. The van der Waals surface area contributed by atoms with Crippen molar-refractivity contribution in [2.45, 2.75) is 32.3 Å². The molecule has 0 spiro atoms. The van der Waals surface area contributed by atoms with Crippen molar-refractivity contribution in [2.75, 3.05) is 5.32 Å². The number of ketones is 1. The summed E-state index contributed by atoms with van der Waals surface area (Å²) in [6.45, 7) is 1.70. The molecule has 1 aromatic carbocycles. The Bertz CT molecular complexity index is 520. The topological polar surface area (TPSA) is 55.4 Å². The van der Waals surface area contributed by atoms with Gasteiger partial charge in [-0.25, -0.2) is 0 Å². The SMILES string of the molecule is CC1Oc2ccc(C(=O)CC3CC3)cc2NC1=O. The lowest BCUT2D eigenvalue weighted by molar-refractivity contribution is -0.122. The van der Waals surface area contributed by atoms with Gasteiger partial charge in [-0.05, 0) is 43.9 Å². The number of benzene rings is 1. The first kappa shape index (κ1) is 11.3. The zero-order valence-electron chi connectivity index (χ0n) is 10.2. The number of Topliss-reactive ketones (excluding diaryl/α,β-unsaturated/α-hetero) is 1. The highest BCUT2D eigenvalue weighted by atomic mass is 16.5. The standard InChI is InChI=1S/C14H15NO3/c1-8-14(17)15-11-7-10(4-5-13(11)18-8)12(16)6-9-2-3-9/h4-5,7-9H,2-3,6H2,1H3,(H,15,17). The van der Waals surface area contributed by atoms with Crippen molar-refractivity contribution in [3.63, 3.8) is 0 Å². The van der Waals surface area contributed by atoms with Gasteiger partial charge in [-0.2, -0.15) is 0 Å². The van der Waals surface area contributed by atoms with E-state index in [9.17, 15) is 9.59 Å². The van der Waals surface area contributed by atoms with E-state index in [0.717, 1.165) is 12.8 Å². The van der Waals surface area contributed by atoms with E-state index in [2.05, 4.69) is 5.32 Å². The lowest BCUT2D eigenvalue weighted by atomic mass is 10.0. The Morgan fingerprint density at radius 1 is 1.44 bits per heavy atom. The molecular weight excluding hydrogens is 230 g/mol. The summed E-state index contributed by atoms with van der Waals surface area (Å²) < 4.78 is 5.45. The fourth-order valence-electron chi connectivity index (χ4n) is 2.08. The molecule has 4 heteroatoms. The summed E-state index contributed by atoms with van der Waals surface area (Å²) in [7, 11) is 0. The third kappa shape index (κ3) is 2.10. The zero-order valence-corrected chi connectivity index (χ0v) is 10.2. The summed E-state index contributed by atoms with van der Waals surface area (Å²) in [5.41, 5.74) is 1.25. The van der Waals surface area contributed by atoms with E-state index in [-0.39, 0.29) is 11.7 Å². The Kier molecular flexibility index (Phi) is 2.58. The van der Waals surface area contributed by atoms with Gasteiger partial charge < -0.3 is 10.1 Å². The van der Waals surface area contributed by atoms with Crippen molar-refractivity contribution in [1.82, 2.24) is 0 Å².